The lowest BCUT2D eigenvalue weighted by Crippen LogP contribution is -2.41. The van der Waals surface area contributed by atoms with Crippen molar-refractivity contribution in [3.8, 4) is 11.8 Å². The highest BCUT2D eigenvalue weighted by Crippen LogP contribution is 2.26. The van der Waals surface area contributed by atoms with E-state index in [1.807, 2.05) is 69.4 Å². The first-order valence-electron chi connectivity index (χ1n) is 12.7. The van der Waals surface area contributed by atoms with Crippen LogP contribution in [0.4, 0.5) is 5.69 Å². The van der Waals surface area contributed by atoms with Gasteiger partial charge in [-0.3, -0.25) is 9.59 Å². The van der Waals surface area contributed by atoms with Crippen LogP contribution in [0.2, 0.25) is 0 Å². The average Bonchev–Trinajstić information content (AvgIpc) is 2.83. The second kappa shape index (κ2) is 12.2. The normalized spacial score (nSPS) is 13.0. The van der Waals surface area contributed by atoms with Gasteiger partial charge in [-0.2, -0.15) is 0 Å². The van der Waals surface area contributed by atoms with Gasteiger partial charge in [0, 0.05) is 36.1 Å². The van der Waals surface area contributed by atoms with Gasteiger partial charge in [-0.25, -0.2) is 0 Å². The summed E-state index contributed by atoms with van der Waals surface area (Å²) >= 11 is 0. The third-order valence-electron chi connectivity index (χ3n) is 6.61. The Balaban J connectivity index is 1.58. The van der Waals surface area contributed by atoms with E-state index >= 15 is 0 Å². The van der Waals surface area contributed by atoms with Crippen LogP contribution in [-0.2, 0) is 20.9 Å². The Morgan fingerprint density at radius 1 is 0.944 bits per heavy atom. The van der Waals surface area contributed by atoms with Gasteiger partial charge in [-0.15, -0.1) is 0 Å². The largest absolute Gasteiger partial charge is 0.375 e. The maximum Gasteiger partial charge on any atom is 0.229 e. The van der Waals surface area contributed by atoms with Crippen LogP contribution < -0.4 is 15.5 Å². The summed E-state index contributed by atoms with van der Waals surface area (Å²) in [7, 11) is 1.92. The van der Waals surface area contributed by atoms with Gasteiger partial charge in [0.2, 0.25) is 11.8 Å². The first-order valence-corrected chi connectivity index (χ1v) is 12.7. The molecule has 1 heterocycles. The molecule has 2 aromatic rings. The summed E-state index contributed by atoms with van der Waals surface area (Å²) in [6.45, 7) is 10.1. The zero-order valence-electron chi connectivity index (χ0n) is 22.2. The van der Waals surface area contributed by atoms with Crippen LogP contribution in [0.25, 0.3) is 0 Å². The molecule has 1 aliphatic heterocycles. The maximum atomic E-state index is 13.3. The molecule has 6 heteroatoms. The van der Waals surface area contributed by atoms with E-state index < -0.39 is 5.41 Å². The number of carbonyl (C=O) groups excluding carboxylic acids is 2. The molecule has 1 aliphatic rings. The Kier molecular flexibility index (Phi) is 9.31. The topological polar surface area (TPSA) is 70.7 Å². The van der Waals surface area contributed by atoms with Crippen molar-refractivity contribution >= 4 is 17.5 Å². The van der Waals surface area contributed by atoms with E-state index in [1.54, 1.807) is 4.90 Å². The Morgan fingerprint density at radius 3 is 2.36 bits per heavy atom. The highest BCUT2D eigenvalue weighted by molar-refractivity contribution is 5.95. The number of ether oxygens (including phenoxy) is 1. The number of carbonyl (C=O) groups is 2. The first kappa shape index (κ1) is 27.4. The Morgan fingerprint density at radius 2 is 1.61 bits per heavy atom. The van der Waals surface area contributed by atoms with Crippen LogP contribution in [-0.4, -0.2) is 44.2 Å². The number of nitrogens with one attached hydrogen (secondary N) is 2. The smallest absolute Gasteiger partial charge is 0.229 e. The zero-order chi connectivity index (χ0) is 26.2. The van der Waals surface area contributed by atoms with Crippen LogP contribution in [0.15, 0.2) is 48.5 Å². The number of amides is 2. The SMILES string of the molecule is CNCCC(C)(C)OCCC(C)(C)C(=O)NCCC(=O)N1Cc2ccccc2C#Cc2ccccc21. The summed E-state index contributed by atoms with van der Waals surface area (Å²) in [5.41, 5.74) is 2.72. The van der Waals surface area contributed by atoms with Crippen molar-refractivity contribution in [2.45, 2.75) is 59.1 Å². The standard InChI is InChI=1S/C30H39N3O3/c1-29(2,18-21-36-30(3,4)17-20-31-5)28(35)32-19-16-27(34)33-22-25-12-7-6-10-23(25)14-15-24-11-8-9-13-26(24)33/h6-13,31H,16-22H2,1-5H3,(H,32,35). The van der Waals surface area contributed by atoms with E-state index in [0.717, 1.165) is 35.3 Å². The predicted octanol–water partition coefficient (Wildman–Crippen LogP) is 4.26. The summed E-state index contributed by atoms with van der Waals surface area (Å²) in [5, 5.41) is 6.11. The molecular formula is C30H39N3O3. The van der Waals surface area contributed by atoms with Gasteiger partial charge in [0.25, 0.3) is 0 Å². The van der Waals surface area contributed by atoms with Gasteiger partial charge < -0.3 is 20.3 Å². The predicted molar refractivity (Wildman–Crippen MR) is 145 cm³/mol. The monoisotopic (exact) mass is 489 g/mol. The lowest BCUT2D eigenvalue weighted by Gasteiger charge is -2.29. The molecule has 36 heavy (non-hydrogen) atoms. The van der Waals surface area contributed by atoms with Crippen molar-refractivity contribution < 1.29 is 14.3 Å². The van der Waals surface area contributed by atoms with Crippen molar-refractivity contribution in [3.63, 3.8) is 0 Å². The van der Waals surface area contributed by atoms with Crippen molar-refractivity contribution in [1.29, 1.82) is 0 Å². The Bertz CT molecular complexity index is 1130. The fourth-order valence-corrected chi connectivity index (χ4v) is 4.06. The van der Waals surface area contributed by atoms with Crippen LogP contribution in [0, 0.1) is 17.3 Å². The van der Waals surface area contributed by atoms with E-state index in [0.29, 0.717) is 19.6 Å². The zero-order valence-corrected chi connectivity index (χ0v) is 22.2. The number of hydrogen-bond donors (Lipinski definition) is 2. The van der Waals surface area contributed by atoms with Gasteiger partial charge in [0.05, 0.1) is 17.8 Å². The van der Waals surface area contributed by atoms with Gasteiger partial charge in [0.15, 0.2) is 0 Å². The van der Waals surface area contributed by atoms with Crippen LogP contribution in [0.1, 0.15) is 63.6 Å². The molecule has 192 valence electrons. The van der Waals surface area contributed by atoms with E-state index in [1.165, 1.54) is 0 Å². The minimum atomic E-state index is -0.593. The second-order valence-corrected chi connectivity index (χ2v) is 10.5. The molecule has 2 amide bonds. The second-order valence-electron chi connectivity index (χ2n) is 10.5. The molecule has 0 unspecified atom stereocenters. The quantitative estimate of drug-likeness (QED) is 0.463. The van der Waals surface area contributed by atoms with E-state index in [9.17, 15) is 9.59 Å². The molecule has 2 aromatic carbocycles. The number of anilines is 1. The third-order valence-corrected chi connectivity index (χ3v) is 6.61. The molecule has 0 aliphatic carbocycles. The van der Waals surface area contributed by atoms with Crippen LogP contribution in [0.3, 0.4) is 0 Å². The number of para-hydroxylation sites is 1. The number of hydrogen-bond acceptors (Lipinski definition) is 4. The summed E-state index contributed by atoms with van der Waals surface area (Å²) in [6.07, 6.45) is 1.71. The molecule has 6 nitrogen and oxygen atoms in total. The first-order chi connectivity index (χ1) is 17.1. The van der Waals surface area contributed by atoms with Gasteiger partial charge in [-0.1, -0.05) is 56.0 Å². The molecule has 0 saturated carbocycles. The van der Waals surface area contributed by atoms with Crippen molar-refractivity contribution in [2.24, 2.45) is 5.41 Å². The van der Waals surface area contributed by atoms with Gasteiger partial charge in [0.1, 0.15) is 0 Å². The lowest BCUT2D eigenvalue weighted by atomic mass is 9.88. The summed E-state index contributed by atoms with van der Waals surface area (Å²) < 4.78 is 6.03. The summed E-state index contributed by atoms with van der Waals surface area (Å²) in [4.78, 5) is 28.0. The molecule has 0 fully saturated rings. The number of benzene rings is 2. The van der Waals surface area contributed by atoms with E-state index in [-0.39, 0.29) is 30.4 Å². The molecule has 0 spiro atoms. The van der Waals surface area contributed by atoms with Gasteiger partial charge >= 0.3 is 0 Å². The minimum Gasteiger partial charge on any atom is -0.375 e. The third kappa shape index (κ3) is 7.43. The van der Waals surface area contributed by atoms with Crippen molar-refractivity contribution in [1.82, 2.24) is 10.6 Å². The highest BCUT2D eigenvalue weighted by atomic mass is 16.5. The molecule has 0 atom stereocenters. The summed E-state index contributed by atoms with van der Waals surface area (Å²) in [5.74, 6) is 6.33. The van der Waals surface area contributed by atoms with Crippen LogP contribution in [0.5, 0.6) is 0 Å². The molecule has 2 N–H and O–H groups in total. The van der Waals surface area contributed by atoms with Crippen molar-refractivity contribution in [2.75, 3.05) is 31.6 Å². The van der Waals surface area contributed by atoms with E-state index in [2.05, 4.69) is 36.3 Å². The number of fused-ring (bicyclic) bond motifs is 2. The average molecular weight is 490 g/mol. The lowest BCUT2D eigenvalue weighted by molar-refractivity contribution is -0.131. The van der Waals surface area contributed by atoms with Crippen LogP contribution >= 0.6 is 0 Å². The Hall–Kier alpha value is -3.14. The number of rotatable bonds is 11. The van der Waals surface area contributed by atoms with E-state index in [4.69, 9.17) is 4.74 Å². The van der Waals surface area contributed by atoms with Crippen molar-refractivity contribution in [3.05, 3.63) is 65.2 Å². The fraction of sp³-hybridized carbons (Fsp3) is 0.467. The number of nitrogens with zero attached hydrogens (tertiary/aromatic N) is 1. The fourth-order valence-electron chi connectivity index (χ4n) is 4.06. The summed E-state index contributed by atoms with van der Waals surface area (Å²) in [6, 6.07) is 15.6. The minimum absolute atomic E-state index is 0.0475. The maximum absolute atomic E-state index is 13.3. The molecule has 0 bridgehead atoms. The highest BCUT2D eigenvalue weighted by Gasteiger charge is 2.29. The Labute approximate surface area is 215 Å². The molecule has 0 radical (unpaired) electrons. The molecular weight excluding hydrogens is 450 g/mol. The molecule has 3 rings (SSSR count). The van der Waals surface area contributed by atoms with Gasteiger partial charge in [-0.05, 0) is 64.0 Å². The molecule has 0 aromatic heterocycles. The molecule has 0 saturated heterocycles.